The lowest BCUT2D eigenvalue weighted by Crippen LogP contribution is -2.35. The van der Waals surface area contributed by atoms with Crippen LogP contribution in [-0.4, -0.2) is 29.5 Å². The molecule has 5 nitrogen and oxygen atoms in total. The first-order valence-corrected chi connectivity index (χ1v) is 8.82. The Morgan fingerprint density at radius 2 is 1.96 bits per heavy atom. The minimum atomic E-state index is -0.482. The lowest BCUT2D eigenvalue weighted by Gasteiger charge is -2.15. The maximum Gasteiger partial charge on any atom is 0.339 e. The molecule has 25 heavy (non-hydrogen) atoms. The van der Waals surface area contributed by atoms with Crippen LogP contribution < -0.4 is 5.32 Å². The van der Waals surface area contributed by atoms with Gasteiger partial charge in [0.25, 0.3) is 5.91 Å². The number of amides is 1. The number of pyridine rings is 1. The van der Waals surface area contributed by atoms with Gasteiger partial charge in [-0.2, -0.15) is 0 Å². The summed E-state index contributed by atoms with van der Waals surface area (Å²) in [7, 11) is 0. The molecule has 0 saturated heterocycles. The summed E-state index contributed by atoms with van der Waals surface area (Å²) < 4.78 is 5.28. The van der Waals surface area contributed by atoms with E-state index < -0.39 is 5.97 Å². The van der Waals surface area contributed by atoms with Crippen molar-refractivity contribution in [2.75, 3.05) is 6.61 Å². The molecule has 2 aromatic rings. The predicted molar refractivity (Wildman–Crippen MR) is 98.7 cm³/mol. The van der Waals surface area contributed by atoms with Gasteiger partial charge < -0.3 is 10.1 Å². The van der Waals surface area contributed by atoms with E-state index in [9.17, 15) is 9.59 Å². The van der Waals surface area contributed by atoms with Crippen molar-refractivity contribution in [3.8, 4) is 0 Å². The topological polar surface area (TPSA) is 68.3 Å². The summed E-state index contributed by atoms with van der Waals surface area (Å²) in [6.07, 6.45) is 2.61. The molecule has 1 amide bonds. The summed E-state index contributed by atoms with van der Waals surface area (Å²) in [5.41, 5.74) is 2.94. The van der Waals surface area contributed by atoms with Gasteiger partial charge in [0.15, 0.2) is 6.61 Å². The highest BCUT2D eigenvalue weighted by Crippen LogP contribution is 2.24. The van der Waals surface area contributed by atoms with Gasteiger partial charge in [-0.15, -0.1) is 0 Å². The zero-order valence-electron chi connectivity index (χ0n) is 15.4. The standard InChI is InChI=1S/C20H26N2O3/c1-5-9-13(3)21-18(23)12-25-20(24)19-14(4)16(6-2)22-17-11-8-7-10-15(17)19/h7-8,10-11,13H,5-6,9,12H2,1-4H3,(H,21,23)/t13-/m0/s1. The van der Waals surface area contributed by atoms with Gasteiger partial charge in [-0.05, 0) is 38.3 Å². The molecule has 1 heterocycles. The Labute approximate surface area is 148 Å². The fourth-order valence-corrected chi connectivity index (χ4v) is 2.99. The quantitative estimate of drug-likeness (QED) is 0.781. The Hall–Kier alpha value is -2.43. The summed E-state index contributed by atoms with van der Waals surface area (Å²) in [5.74, 6) is -0.759. The maximum absolute atomic E-state index is 12.6. The minimum Gasteiger partial charge on any atom is -0.452 e. The first-order chi connectivity index (χ1) is 12.0. The van der Waals surface area contributed by atoms with E-state index in [2.05, 4.69) is 17.2 Å². The Morgan fingerprint density at radius 1 is 1.24 bits per heavy atom. The van der Waals surface area contributed by atoms with E-state index in [0.29, 0.717) is 5.56 Å². The van der Waals surface area contributed by atoms with E-state index in [1.807, 2.05) is 45.0 Å². The second-order valence-electron chi connectivity index (χ2n) is 6.26. The lowest BCUT2D eigenvalue weighted by atomic mass is 10.0. The van der Waals surface area contributed by atoms with E-state index in [4.69, 9.17) is 4.74 Å². The Morgan fingerprint density at radius 3 is 2.64 bits per heavy atom. The van der Waals surface area contributed by atoms with Gasteiger partial charge >= 0.3 is 5.97 Å². The zero-order valence-corrected chi connectivity index (χ0v) is 15.4. The number of fused-ring (bicyclic) bond motifs is 1. The summed E-state index contributed by atoms with van der Waals surface area (Å²) >= 11 is 0. The van der Waals surface area contributed by atoms with Gasteiger partial charge in [0, 0.05) is 17.1 Å². The van der Waals surface area contributed by atoms with Gasteiger partial charge in [0.1, 0.15) is 0 Å². The number of hydrogen-bond acceptors (Lipinski definition) is 4. The number of aryl methyl sites for hydroxylation is 1. The molecule has 0 bridgehead atoms. The second kappa shape index (κ2) is 8.60. The molecule has 0 unspecified atom stereocenters. The number of nitrogens with zero attached hydrogens (tertiary/aromatic N) is 1. The summed E-state index contributed by atoms with van der Waals surface area (Å²) in [5, 5.41) is 3.59. The van der Waals surface area contributed by atoms with E-state index in [-0.39, 0.29) is 18.6 Å². The number of nitrogens with one attached hydrogen (secondary N) is 1. The third-order valence-corrected chi connectivity index (χ3v) is 4.24. The molecule has 0 spiro atoms. The van der Waals surface area contributed by atoms with Crippen molar-refractivity contribution >= 4 is 22.8 Å². The Kier molecular flexibility index (Phi) is 6.51. The highest BCUT2D eigenvalue weighted by molar-refractivity contribution is 6.05. The van der Waals surface area contributed by atoms with Crippen molar-refractivity contribution in [2.45, 2.75) is 53.0 Å². The number of carbonyl (C=O) groups excluding carboxylic acids is 2. The van der Waals surface area contributed by atoms with Crippen LogP contribution >= 0.6 is 0 Å². The summed E-state index contributed by atoms with van der Waals surface area (Å²) in [6, 6.07) is 7.57. The fraction of sp³-hybridized carbons (Fsp3) is 0.450. The molecule has 0 fully saturated rings. The molecule has 5 heteroatoms. The van der Waals surface area contributed by atoms with Crippen LogP contribution in [0.1, 0.15) is 55.2 Å². The van der Waals surface area contributed by atoms with Crippen LogP contribution in [0.4, 0.5) is 0 Å². The molecule has 1 N–H and O–H groups in total. The molecular formula is C20H26N2O3. The molecule has 0 saturated carbocycles. The van der Waals surface area contributed by atoms with E-state index >= 15 is 0 Å². The number of rotatable bonds is 7. The number of para-hydroxylation sites is 1. The largest absolute Gasteiger partial charge is 0.452 e. The monoisotopic (exact) mass is 342 g/mol. The number of aromatic nitrogens is 1. The summed E-state index contributed by atoms with van der Waals surface area (Å²) in [6.45, 7) is 7.60. The van der Waals surface area contributed by atoms with Gasteiger partial charge in [-0.25, -0.2) is 4.79 Å². The highest BCUT2D eigenvalue weighted by atomic mass is 16.5. The number of carbonyl (C=O) groups is 2. The van der Waals surface area contributed by atoms with Crippen molar-refractivity contribution in [2.24, 2.45) is 0 Å². The zero-order chi connectivity index (χ0) is 18.4. The number of hydrogen-bond donors (Lipinski definition) is 1. The van der Waals surface area contributed by atoms with Crippen LogP contribution in [0.5, 0.6) is 0 Å². The van der Waals surface area contributed by atoms with E-state index in [0.717, 1.165) is 41.4 Å². The Balaban J connectivity index is 2.19. The molecule has 0 aliphatic rings. The van der Waals surface area contributed by atoms with Gasteiger partial charge in [-0.1, -0.05) is 38.5 Å². The molecule has 1 aromatic carbocycles. The van der Waals surface area contributed by atoms with Crippen molar-refractivity contribution in [3.05, 3.63) is 41.1 Å². The van der Waals surface area contributed by atoms with E-state index in [1.54, 1.807) is 0 Å². The van der Waals surface area contributed by atoms with Gasteiger partial charge in [0.05, 0.1) is 11.1 Å². The van der Waals surface area contributed by atoms with Crippen LogP contribution in [-0.2, 0) is 16.0 Å². The van der Waals surface area contributed by atoms with Gasteiger partial charge in [-0.3, -0.25) is 9.78 Å². The number of benzene rings is 1. The van der Waals surface area contributed by atoms with E-state index in [1.165, 1.54) is 0 Å². The van der Waals surface area contributed by atoms with Crippen molar-refractivity contribution in [3.63, 3.8) is 0 Å². The minimum absolute atomic E-state index is 0.0754. The first kappa shape index (κ1) is 18.9. The Bertz CT molecular complexity index is 771. The normalized spacial score (nSPS) is 12.0. The highest BCUT2D eigenvalue weighted by Gasteiger charge is 2.19. The number of ether oxygens (including phenoxy) is 1. The lowest BCUT2D eigenvalue weighted by molar-refractivity contribution is -0.124. The van der Waals surface area contributed by atoms with Crippen LogP contribution in [0.15, 0.2) is 24.3 Å². The predicted octanol–water partition coefficient (Wildman–Crippen LogP) is 3.57. The van der Waals surface area contributed by atoms with Crippen LogP contribution in [0.25, 0.3) is 10.9 Å². The molecular weight excluding hydrogens is 316 g/mol. The first-order valence-electron chi connectivity index (χ1n) is 8.82. The van der Waals surface area contributed by atoms with Crippen LogP contribution in [0.3, 0.4) is 0 Å². The van der Waals surface area contributed by atoms with Gasteiger partial charge in [0.2, 0.25) is 0 Å². The maximum atomic E-state index is 12.6. The molecule has 1 atom stereocenters. The van der Waals surface area contributed by atoms with Crippen molar-refractivity contribution in [1.82, 2.24) is 10.3 Å². The third-order valence-electron chi connectivity index (χ3n) is 4.24. The molecule has 0 aliphatic carbocycles. The molecule has 0 radical (unpaired) electrons. The molecule has 2 rings (SSSR count). The average Bonchev–Trinajstić information content (AvgIpc) is 2.59. The average molecular weight is 342 g/mol. The third kappa shape index (κ3) is 4.56. The van der Waals surface area contributed by atoms with Crippen LogP contribution in [0.2, 0.25) is 0 Å². The number of esters is 1. The molecule has 134 valence electrons. The molecule has 0 aliphatic heterocycles. The van der Waals surface area contributed by atoms with Crippen molar-refractivity contribution in [1.29, 1.82) is 0 Å². The summed E-state index contributed by atoms with van der Waals surface area (Å²) in [4.78, 5) is 29.2. The fourth-order valence-electron chi connectivity index (χ4n) is 2.99. The van der Waals surface area contributed by atoms with Crippen LogP contribution in [0, 0.1) is 6.92 Å². The SMILES string of the molecule is CCC[C@H](C)NC(=O)COC(=O)c1c(C)c(CC)nc2ccccc12. The van der Waals surface area contributed by atoms with Crippen molar-refractivity contribution < 1.29 is 14.3 Å². The second-order valence-corrected chi connectivity index (χ2v) is 6.26. The molecule has 1 aromatic heterocycles. The smallest absolute Gasteiger partial charge is 0.339 e.